The van der Waals surface area contributed by atoms with Gasteiger partial charge in [-0.15, -0.1) is 0 Å². The molecule has 2 rings (SSSR count). The fourth-order valence-electron chi connectivity index (χ4n) is 2.45. The second kappa shape index (κ2) is 4.36. The van der Waals surface area contributed by atoms with E-state index in [4.69, 9.17) is 19.6 Å². The van der Waals surface area contributed by atoms with Crippen molar-refractivity contribution < 1.29 is 33.8 Å². The summed E-state index contributed by atoms with van der Waals surface area (Å²) in [5, 5.41) is 6.40. The van der Waals surface area contributed by atoms with E-state index < -0.39 is 26.7 Å². The average Bonchev–Trinajstić information content (AvgIpc) is 2.79. The Bertz CT molecular complexity index is 397. The third kappa shape index (κ3) is 2.57. The minimum absolute atomic E-state index is 0.0692. The van der Waals surface area contributed by atoms with E-state index in [1.807, 2.05) is 4.90 Å². The highest BCUT2D eigenvalue weighted by Gasteiger charge is 2.59. The lowest BCUT2D eigenvalue weighted by Gasteiger charge is -2.31. The Kier molecular flexibility index (Phi) is 3.55. The molecule has 1 saturated carbocycles. The average molecular weight is 301 g/mol. The molecule has 8 nitrogen and oxygen atoms in total. The molecular formula is C8H17NO7P2. The van der Waals surface area contributed by atoms with E-state index in [0.29, 0.717) is 11.8 Å². The van der Waals surface area contributed by atoms with Crippen LogP contribution in [0.2, 0.25) is 0 Å². The lowest BCUT2D eigenvalue weighted by molar-refractivity contribution is 0.110. The third-order valence-electron chi connectivity index (χ3n) is 3.75. The highest BCUT2D eigenvalue weighted by Crippen LogP contribution is 2.69. The van der Waals surface area contributed by atoms with Crippen LogP contribution in [0, 0.1) is 11.8 Å². The van der Waals surface area contributed by atoms with Gasteiger partial charge in [0.05, 0.1) is 0 Å². The summed E-state index contributed by atoms with van der Waals surface area (Å²) < 4.78 is 22.2. The molecule has 1 heterocycles. The number of hydrogen-bond donors (Lipinski definition) is 5. The maximum atomic E-state index is 11.1. The molecule has 1 saturated heterocycles. The summed E-state index contributed by atoms with van der Waals surface area (Å²) in [7, 11) is -10.6. The molecule has 0 amide bonds. The molecule has 1 aliphatic heterocycles. The van der Waals surface area contributed by atoms with Gasteiger partial charge in [-0.2, -0.15) is 0 Å². The zero-order chi connectivity index (χ0) is 13.8. The fourth-order valence-corrected chi connectivity index (χ4v) is 4.59. The summed E-state index contributed by atoms with van der Waals surface area (Å²) in [6.45, 7) is 1.60. The molecule has 0 aromatic carbocycles. The Morgan fingerprint density at radius 3 is 1.89 bits per heavy atom. The Morgan fingerprint density at radius 1 is 1.06 bits per heavy atom. The van der Waals surface area contributed by atoms with Crippen LogP contribution in [0.3, 0.4) is 0 Å². The van der Waals surface area contributed by atoms with Crippen LogP contribution in [-0.2, 0) is 9.13 Å². The van der Waals surface area contributed by atoms with E-state index in [2.05, 4.69) is 0 Å². The van der Waals surface area contributed by atoms with Gasteiger partial charge in [0.1, 0.15) is 0 Å². The van der Waals surface area contributed by atoms with Gasteiger partial charge in [0.25, 0.3) is 5.08 Å². The van der Waals surface area contributed by atoms with E-state index >= 15 is 0 Å². The first-order chi connectivity index (χ1) is 8.04. The van der Waals surface area contributed by atoms with Crippen LogP contribution >= 0.6 is 15.2 Å². The molecule has 18 heavy (non-hydrogen) atoms. The molecule has 106 valence electrons. The quantitative estimate of drug-likeness (QED) is 0.421. The molecule has 5 N–H and O–H groups in total. The van der Waals surface area contributed by atoms with Crippen LogP contribution in [0.5, 0.6) is 0 Å². The lowest BCUT2D eigenvalue weighted by Crippen LogP contribution is -2.35. The van der Waals surface area contributed by atoms with Gasteiger partial charge in [-0.3, -0.25) is 9.13 Å². The first-order valence-corrected chi connectivity index (χ1v) is 8.83. The van der Waals surface area contributed by atoms with Crippen molar-refractivity contribution in [1.82, 2.24) is 4.90 Å². The molecule has 2 unspecified atom stereocenters. The summed E-state index contributed by atoms with van der Waals surface area (Å²) in [6, 6.07) is 0. The van der Waals surface area contributed by atoms with Gasteiger partial charge in [0.2, 0.25) is 0 Å². The summed E-state index contributed by atoms with van der Waals surface area (Å²) in [4.78, 5) is 37.7. The Hall–Kier alpha value is 0.220. The molecule has 2 atom stereocenters. The second-order valence-electron chi connectivity index (χ2n) is 5.13. The number of nitrogens with zero attached hydrogens (tertiary/aromatic N) is 1. The third-order valence-corrected chi connectivity index (χ3v) is 7.63. The first kappa shape index (κ1) is 14.6. The zero-order valence-electron chi connectivity index (χ0n) is 9.58. The summed E-state index contributed by atoms with van der Waals surface area (Å²) in [5.74, 6) is 1.20. The van der Waals surface area contributed by atoms with Crippen molar-refractivity contribution in [3.63, 3.8) is 0 Å². The molecule has 0 aromatic rings. The molecule has 1 aliphatic carbocycles. The predicted molar refractivity (Wildman–Crippen MR) is 61.7 cm³/mol. The van der Waals surface area contributed by atoms with Crippen LogP contribution < -0.4 is 0 Å². The Labute approximate surface area is 104 Å². The molecular weight excluding hydrogens is 284 g/mol. The van der Waals surface area contributed by atoms with Gasteiger partial charge in [-0.25, -0.2) is 0 Å². The van der Waals surface area contributed by atoms with E-state index in [1.54, 1.807) is 0 Å². The lowest BCUT2D eigenvalue weighted by atomic mass is 10.3. The standard InChI is InChI=1S/C8H17NO7P2/c10-8(17(11,12)13,18(14,15)16)1-2-9-4-6-3-7(6)5-9/h6-7,10H,1-5H2,(H2,11,12,13)(H2,14,15,16). The van der Waals surface area contributed by atoms with Crippen LogP contribution in [0.25, 0.3) is 0 Å². The van der Waals surface area contributed by atoms with Crippen LogP contribution in [-0.4, -0.2) is 54.3 Å². The smallest absolute Gasteiger partial charge is 0.367 e. The van der Waals surface area contributed by atoms with Crippen molar-refractivity contribution in [2.24, 2.45) is 11.8 Å². The first-order valence-electron chi connectivity index (χ1n) is 5.60. The van der Waals surface area contributed by atoms with E-state index in [-0.39, 0.29) is 6.54 Å². The van der Waals surface area contributed by atoms with Crippen molar-refractivity contribution in [1.29, 1.82) is 0 Å². The fraction of sp³-hybridized carbons (Fsp3) is 1.00. The SMILES string of the molecule is O=P(O)(O)C(O)(CCN1CC2CC2C1)P(=O)(O)O. The Balaban J connectivity index is 2.02. The van der Waals surface area contributed by atoms with Crippen molar-refractivity contribution >= 4 is 15.2 Å². The Morgan fingerprint density at radius 2 is 1.50 bits per heavy atom. The predicted octanol–water partition coefficient (Wildman–Crippen LogP) is -0.670. The molecule has 0 spiro atoms. The van der Waals surface area contributed by atoms with Crippen LogP contribution in [0.4, 0.5) is 0 Å². The molecule has 0 radical (unpaired) electrons. The topological polar surface area (TPSA) is 139 Å². The van der Waals surface area contributed by atoms with Crippen molar-refractivity contribution in [3.8, 4) is 0 Å². The largest absolute Gasteiger partial charge is 0.369 e. The number of piperidine rings is 1. The summed E-state index contributed by atoms with van der Waals surface area (Å²) in [6.07, 6.45) is 0.513. The van der Waals surface area contributed by atoms with Gasteiger partial charge in [-0.1, -0.05) is 0 Å². The number of fused-ring (bicyclic) bond motifs is 1. The van der Waals surface area contributed by atoms with Crippen LogP contribution in [0.1, 0.15) is 12.8 Å². The highest BCUT2D eigenvalue weighted by molar-refractivity contribution is 7.72. The number of aliphatic hydroxyl groups is 1. The highest BCUT2D eigenvalue weighted by atomic mass is 31.2. The molecule has 0 bridgehead atoms. The van der Waals surface area contributed by atoms with Crippen molar-refractivity contribution in [2.75, 3.05) is 19.6 Å². The van der Waals surface area contributed by atoms with Gasteiger partial charge in [0.15, 0.2) is 0 Å². The number of hydrogen-bond acceptors (Lipinski definition) is 4. The number of rotatable bonds is 5. The summed E-state index contributed by atoms with van der Waals surface area (Å²) >= 11 is 0. The maximum Gasteiger partial charge on any atom is 0.369 e. The maximum absolute atomic E-state index is 11.1. The molecule has 2 aliphatic rings. The minimum Gasteiger partial charge on any atom is -0.367 e. The zero-order valence-corrected chi connectivity index (χ0v) is 11.4. The second-order valence-corrected chi connectivity index (χ2v) is 9.14. The van der Waals surface area contributed by atoms with E-state index in [0.717, 1.165) is 19.5 Å². The van der Waals surface area contributed by atoms with Gasteiger partial charge >= 0.3 is 15.2 Å². The van der Waals surface area contributed by atoms with Crippen molar-refractivity contribution in [2.45, 2.75) is 17.9 Å². The normalized spacial score (nSPS) is 29.4. The number of likely N-dealkylation sites (tertiary alicyclic amines) is 1. The molecule has 10 heteroatoms. The van der Waals surface area contributed by atoms with Gasteiger partial charge in [0, 0.05) is 26.1 Å². The van der Waals surface area contributed by atoms with Crippen LogP contribution in [0.15, 0.2) is 0 Å². The van der Waals surface area contributed by atoms with Gasteiger partial charge < -0.3 is 29.6 Å². The van der Waals surface area contributed by atoms with Gasteiger partial charge in [-0.05, 0) is 18.3 Å². The summed E-state index contributed by atoms with van der Waals surface area (Å²) in [5.41, 5.74) is 0. The molecule has 0 aromatic heterocycles. The van der Waals surface area contributed by atoms with E-state index in [1.165, 1.54) is 0 Å². The van der Waals surface area contributed by atoms with E-state index in [9.17, 15) is 14.2 Å². The monoisotopic (exact) mass is 301 g/mol. The minimum atomic E-state index is -5.30. The molecule has 2 fully saturated rings. The van der Waals surface area contributed by atoms with Crippen molar-refractivity contribution in [3.05, 3.63) is 0 Å².